The van der Waals surface area contributed by atoms with Crippen LogP contribution in [0.25, 0.3) is 0 Å². The van der Waals surface area contributed by atoms with Gasteiger partial charge in [-0.25, -0.2) is 17.2 Å². The summed E-state index contributed by atoms with van der Waals surface area (Å²) in [7, 11) is -3.84. The molecule has 2 atom stereocenters. The summed E-state index contributed by atoms with van der Waals surface area (Å²) in [5.74, 6) is -1.04. The van der Waals surface area contributed by atoms with Gasteiger partial charge in [-0.2, -0.15) is 16.1 Å². The maximum absolute atomic E-state index is 13.6. The van der Waals surface area contributed by atoms with Gasteiger partial charge in [0.15, 0.2) is 0 Å². The van der Waals surface area contributed by atoms with Crippen molar-refractivity contribution in [2.45, 2.75) is 22.6 Å². The number of rotatable bonds is 2. The third-order valence-electron chi connectivity index (χ3n) is 3.33. The van der Waals surface area contributed by atoms with Gasteiger partial charge in [-0.1, -0.05) is 0 Å². The molecular weight excluding hydrogens is 280 g/mol. The molecule has 0 aromatic heterocycles. The Morgan fingerprint density at radius 2 is 2.11 bits per heavy atom. The maximum Gasteiger partial charge on any atom is 0.246 e. The molecule has 18 heavy (non-hydrogen) atoms. The lowest BCUT2D eigenvalue weighted by molar-refractivity contribution is 0.406. The molecule has 0 N–H and O–H groups in total. The van der Waals surface area contributed by atoms with Crippen LogP contribution in [0, 0.1) is 11.6 Å². The van der Waals surface area contributed by atoms with Crippen LogP contribution < -0.4 is 0 Å². The average molecular weight is 291 g/mol. The molecule has 0 radical (unpaired) electrons. The molecule has 0 spiro atoms. The van der Waals surface area contributed by atoms with Crippen LogP contribution in [0.3, 0.4) is 0 Å². The predicted octanol–water partition coefficient (Wildman–Crippen LogP) is 1.84. The Hall–Kier alpha value is -0.660. The highest BCUT2D eigenvalue weighted by molar-refractivity contribution is 8.00. The second-order valence-corrected chi connectivity index (χ2v) is 7.69. The van der Waals surface area contributed by atoms with E-state index in [1.54, 1.807) is 11.8 Å². The Balaban J connectivity index is 2.00. The van der Waals surface area contributed by atoms with Crippen LogP contribution in [0.4, 0.5) is 8.78 Å². The van der Waals surface area contributed by atoms with E-state index in [0.717, 1.165) is 24.3 Å². The summed E-state index contributed by atoms with van der Waals surface area (Å²) < 4.78 is 52.4. The summed E-state index contributed by atoms with van der Waals surface area (Å²) in [5, 5.41) is 0.313. The van der Waals surface area contributed by atoms with Crippen molar-refractivity contribution in [1.29, 1.82) is 0 Å². The monoisotopic (exact) mass is 291 g/mol. The lowest BCUT2D eigenvalue weighted by Gasteiger charge is -2.25. The molecule has 1 aromatic rings. The quantitative estimate of drug-likeness (QED) is 0.834. The first-order chi connectivity index (χ1) is 8.48. The van der Waals surface area contributed by atoms with Crippen LogP contribution in [-0.2, 0) is 10.0 Å². The number of fused-ring (bicyclic) bond motifs is 2. The third-order valence-corrected chi connectivity index (χ3v) is 6.67. The largest absolute Gasteiger partial charge is 0.246 e. The van der Waals surface area contributed by atoms with Crippen molar-refractivity contribution in [3.8, 4) is 0 Å². The number of thioether (sulfide) groups is 1. The Labute approximate surface area is 108 Å². The minimum absolute atomic E-state index is 0.0468. The number of nitrogens with zero attached hydrogens (tertiary/aromatic N) is 1. The Morgan fingerprint density at radius 1 is 1.33 bits per heavy atom. The van der Waals surface area contributed by atoms with Gasteiger partial charge in [-0.05, 0) is 18.6 Å². The predicted molar refractivity (Wildman–Crippen MR) is 64.9 cm³/mol. The SMILES string of the molecule is O=S(=O)(c1ccc(F)cc1F)N1CC2CC1CS2. The van der Waals surface area contributed by atoms with Crippen LogP contribution in [-0.4, -0.2) is 36.3 Å². The van der Waals surface area contributed by atoms with E-state index < -0.39 is 26.6 Å². The van der Waals surface area contributed by atoms with Gasteiger partial charge in [-0.3, -0.25) is 0 Å². The molecule has 2 saturated heterocycles. The molecular formula is C11H11F2NO2S2. The molecule has 0 aliphatic carbocycles. The van der Waals surface area contributed by atoms with Gasteiger partial charge < -0.3 is 0 Å². The molecule has 3 nitrogen and oxygen atoms in total. The Bertz CT molecular complexity index is 591. The van der Waals surface area contributed by atoms with Gasteiger partial charge in [0.1, 0.15) is 16.5 Å². The van der Waals surface area contributed by atoms with E-state index in [1.165, 1.54) is 4.31 Å². The van der Waals surface area contributed by atoms with Crippen molar-refractivity contribution in [2.75, 3.05) is 12.3 Å². The lowest BCUT2D eigenvalue weighted by Crippen LogP contribution is -2.39. The fraction of sp³-hybridized carbons (Fsp3) is 0.455. The molecule has 2 heterocycles. The van der Waals surface area contributed by atoms with E-state index in [2.05, 4.69) is 0 Å². The number of halogens is 2. The van der Waals surface area contributed by atoms with Crippen molar-refractivity contribution in [1.82, 2.24) is 4.31 Å². The number of sulfonamides is 1. The summed E-state index contributed by atoms with van der Waals surface area (Å²) in [5.41, 5.74) is 0. The first kappa shape index (κ1) is 12.4. The number of benzene rings is 1. The van der Waals surface area contributed by atoms with E-state index in [-0.39, 0.29) is 6.04 Å². The van der Waals surface area contributed by atoms with Crippen molar-refractivity contribution < 1.29 is 17.2 Å². The highest BCUT2D eigenvalue weighted by atomic mass is 32.2. The Morgan fingerprint density at radius 3 is 2.67 bits per heavy atom. The van der Waals surface area contributed by atoms with E-state index in [4.69, 9.17) is 0 Å². The molecule has 98 valence electrons. The second kappa shape index (κ2) is 4.18. The van der Waals surface area contributed by atoms with Gasteiger partial charge >= 0.3 is 0 Å². The van der Waals surface area contributed by atoms with Gasteiger partial charge in [0, 0.05) is 29.7 Å². The van der Waals surface area contributed by atoms with Crippen LogP contribution in [0.1, 0.15) is 6.42 Å². The zero-order valence-electron chi connectivity index (χ0n) is 9.34. The average Bonchev–Trinajstić information content (AvgIpc) is 2.90. The van der Waals surface area contributed by atoms with E-state index in [0.29, 0.717) is 17.9 Å². The van der Waals surface area contributed by atoms with Crippen LogP contribution in [0.2, 0.25) is 0 Å². The normalized spacial score (nSPS) is 27.9. The molecule has 0 saturated carbocycles. The first-order valence-corrected chi connectivity index (χ1v) is 8.06. The molecule has 2 fully saturated rings. The van der Waals surface area contributed by atoms with Crippen molar-refractivity contribution in [3.63, 3.8) is 0 Å². The van der Waals surface area contributed by atoms with E-state index in [1.807, 2.05) is 0 Å². The van der Waals surface area contributed by atoms with Crippen LogP contribution in [0.5, 0.6) is 0 Å². The topological polar surface area (TPSA) is 37.4 Å². The summed E-state index contributed by atoms with van der Waals surface area (Å²) in [6.07, 6.45) is 0.826. The molecule has 7 heteroatoms. The zero-order chi connectivity index (χ0) is 12.9. The summed E-state index contributed by atoms with van der Waals surface area (Å²) in [4.78, 5) is -0.429. The lowest BCUT2D eigenvalue weighted by atomic mass is 10.3. The minimum atomic E-state index is -3.84. The number of hydrogen-bond acceptors (Lipinski definition) is 3. The summed E-state index contributed by atoms with van der Waals surface area (Å²) in [6.45, 7) is 0.425. The molecule has 1 aromatic carbocycles. The highest BCUT2D eigenvalue weighted by Gasteiger charge is 2.45. The van der Waals surface area contributed by atoms with Crippen molar-refractivity contribution >= 4 is 21.8 Å². The molecule has 2 aliphatic rings. The number of hydrogen-bond donors (Lipinski definition) is 0. The smallest absolute Gasteiger partial charge is 0.207 e. The second-order valence-electron chi connectivity index (χ2n) is 4.49. The maximum atomic E-state index is 13.6. The standard InChI is InChI=1S/C11H11F2NO2S2/c12-7-1-2-11(10(13)3-7)18(15,16)14-5-9-4-8(14)6-17-9/h1-3,8-9H,4-6H2. The van der Waals surface area contributed by atoms with Crippen molar-refractivity contribution in [2.24, 2.45) is 0 Å². The zero-order valence-corrected chi connectivity index (χ0v) is 11.0. The van der Waals surface area contributed by atoms with Gasteiger partial charge in [0.2, 0.25) is 10.0 Å². The summed E-state index contributed by atoms with van der Waals surface area (Å²) in [6, 6.07) is 2.53. The molecule has 0 amide bonds. The fourth-order valence-electron chi connectivity index (χ4n) is 2.47. The van der Waals surface area contributed by atoms with Gasteiger partial charge in [0.05, 0.1) is 0 Å². The molecule has 2 aliphatic heterocycles. The Kier molecular flexibility index (Phi) is 2.87. The van der Waals surface area contributed by atoms with Gasteiger partial charge in [-0.15, -0.1) is 0 Å². The highest BCUT2D eigenvalue weighted by Crippen LogP contribution is 2.40. The van der Waals surface area contributed by atoms with Crippen LogP contribution in [0.15, 0.2) is 23.1 Å². The van der Waals surface area contributed by atoms with Crippen molar-refractivity contribution in [3.05, 3.63) is 29.8 Å². The van der Waals surface area contributed by atoms with E-state index >= 15 is 0 Å². The third kappa shape index (κ3) is 1.85. The molecule has 3 rings (SSSR count). The first-order valence-electron chi connectivity index (χ1n) is 5.57. The molecule has 2 unspecified atom stereocenters. The summed E-state index contributed by atoms with van der Waals surface area (Å²) >= 11 is 1.75. The van der Waals surface area contributed by atoms with Crippen LogP contribution >= 0.6 is 11.8 Å². The fourth-order valence-corrected chi connectivity index (χ4v) is 5.82. The minimum Gasteiger partial charge on any atom is -0.207 e. The van der Waals surface area contributed by atoms with E-state index in [9.17, 15) is 17.2 Å². The molecule has 2 bridgehead atoms. The van der Waals surface area contributed by atoms with Gasteiger partial charge in [0.25, 0.3) is 0 Å².